The Balaban J connectivity index is 1.56. The van der Waals surface area contributed by atoms with Gasteiger partial charge in [0.25, 0.3) is 5.91 Å². The summed E-state index contributed by atoms with van der Waals surface area (Å²) < 4.78 is 58.5. The Labute approximate surface area is 166 Å². The highest BCUT2D eigenvalue weighted by Crippen LogP contribution is 2.21. The van der Waals surface area contributed by atoms with Crippen molar-refractivity contribution in [1.29, 1.82) is 5.26 Å². The maximum atomic E-state index is 13.9. The molecule has 1 heterocycles. The second kappa shape index (κ2) is 8.55. The van der Waals surface area contributed by atoms with E-state index in [4.69, 9.17) is 10.00 Å². The van der Waals surface area contributed by atoms with Gasteiger partial charge in [0.1, 0.15) is 22.3 Å². The van der Waals surface area contributed by atoms with Gasteiger partial charge in [-0.2, -0.15) is 9.57 Å². The predicted molar refractivity (Wildman–Crippen MR) is 98.3 cm³/mol. The number of nitrogens with zero attached hydrogens (tertiary/aromatic N) is 3. The van der Waals surface area contributed by atoms with Gasteiger partial charge in [0.05, 0.1) is 11.6 Å². The van der Waals surface area contributed by atoms with Crippen LogP contribution in [0.4, 0.5) is 8.78 Å². The van der Waals surface area contributed by atoms with E-state index in [0.717, 1.165) is 16.4 Å². The van der Waals surface area contributed by atoms with Gasteiger partial charge < -0.3 is 9.64 Å². The van der Waals surface area contributed by atoms with Crippen molar-refractivity contribution in [2.24, 2.45) is 0 Å². The van der Waals surface area contributed by atoms with E-state index >= 15 is 0 Å². The monoisotopic (exact) mass is 421 g/mol. The summed E-state index contributed by atoms with van der Waals surface area (Å²) in [4.78, 5) is 13.2. The summed E-state index contributed by atoms with van der Waals surface area (Å²) in [6.07, 6.45) is 0. The van der Waals surface area contributed by atoms with Crippen molar-refractivity contribution >= 4 is 15.9 Å². The number of carbonyl (C=O) groups excluding carboxylic acids is 1. The van der Waals surface area contributed by atoms with Crippen LogP contribution in [0.1, 0.15) is 5.56 Å². The molecule has 0 bridgehead atoms. The largest absolute Gasteiger partial charge is 0.484 e. The number of nitriles is 1. The van der Waals surface area contributed by atoms with Gasteiger partial charge in [-0.1, -0.05) is 0 Å². The molecule has 7 nitrogen and oxygen atoms in total. The van der Waals surface area contributed by atoms with Crippen molar-refractivity contribution in [3.63, 3.8) is 0 Å². The molecule has 1 amide bonds. The molecule has 0 spiro atoms. The average Bonchev–Trinajstić information content (AvgIpc) is 2.72. The third-order valence-corrected chi connectivity index (χ3v) is 6.38. The maximum absolute atomic E-state index is 13.9. The van der Waals surface area contributed by atoms with E-state index in [0.29, 0.717) is 17.4 Å². The molecule has 1 saturated heterocycles. The number of hydrogen-bond donors (Lipinski definition) is 0. The zero-order chi connectivity index (χ0) is 21.0. The second-order valence-corrected chi connectivity index (χ2v) is 8.19. The molecule has 0 atom stereocenters. The van der Waals surface area contributed by atoms with Crippen LogP contribution < -0.4 is 4.74 Å². The lowest BCUT2D eigenvalue weighted by Gasteiger charge is -2.34. The molecular weight excluding hydrogens is 404 g/mol. The number of ether oxygens (including phenoxy) is 1. The Bertz CT molecular complexity index is 1040. The fourth-order valence-corrected chi connectivity index (χ4v) is 4.33. The van der Waals surface area contributed by atoms with Crippen LogP contribution in [0.5, 0.6) is 5.75 Å². The first kappa shape index (κ1) is 20.7. The van der Waals surface area contributed by atoms with Crippen molar-refractivity contribution in [2.45, 2.75) is 4.90 Å². The van der Waals surface area contributed by atoms with Crippen LogP contribution in [0.15, 0.2) is 47.4 Å². The molecule has 1 aliphatic heterocycles. The molecule has 29 heavy (non-hydrogen) atoms. The molecule has 10 heteroatoms. The topological polar surface area (TPSA) is 90.7 Å². The van der Waals surface area contributed by atoms with Crippen molar-refractivity contribution < 1.29 is 26.7 Å². The number of piperazine rings is 1. The second-order valence-electron chi connectivity index (χ2n) is 6.28. The Hall–Kier alpha value is -3.03. The van der Waals surface area contributed by atoms with Crippen LogP contribution in [0.25, 0.3) is 0 Å². The highest BCUT2D eigenvalue weighted by atomic mass is 32.2. The summed E-state index contributed by atoms with van der Waals surface area (Å²) in [6, 6.07) is 10.6. The average molecular weight is 421 g/mol. The zero-order valence-corrected chi connectivity index (χ0v) is 16.0. The summed E-state index contributed by atoms with van der Waals surface area (Å²) in [5.74, 6) is -1.90. The van der Waals surface area contributed by atoms with Crippen molar-refractivity contribution in [3.8, 4) is 11.8 Å². The van der Waals surface area contributed by atoms with E-state index in [1.54, 1.807) is 24.3 Å². The summed E-state index contributed by atoms with van der Waals surface area (Å²) in [5, 5.41) is 8.76. The van der Waals surface area contributed by atoms with Crippen LogP contribution in [0.2, 0.25) is 0 Å². The quantitative estimate of drug-likeness (QED) is 0.734. The lowest BCUT2D eigenvalue weighted by molar-refractivity contribution is -0.134. The van der Waals surface area contributed by atoms with Crippen LogP contribution in [0.3, 0.4) is 0 Å². The highest BCUT2D eigenvalue weighted by Gasteiger charge is 2.32. The fourth-order valence-electron chi connectivity index (χ4n) is 2.86. The standard InChI is InChI=1S/C19H17F2N3O4S/c20-15-3-6-18(17(21)11-15)29(26,27)24-9-7-23(8-10-24)19(25)13-28-16-4-1-14(12-22)2-5-16/h1-6,11H,7-10,13H2. The first-order chi connectivity index (χ1) is 13.8. The molecule has 1 fully saturated rings. The molecule has 0 unspecified atom stereocenters. The number of rotatable bonds is 5. The Morgan fingerprint density at radius 1 is 1.07 bits per heavy atom. The SMILES string of the molecule is N#Cc1ccc(OCC(=O)N2CCN(S(=O)(=O)c3ccc(F)cc3F)CC2)cc1. The third-order valence-electron chi connectivity index (χ3n) is 4.45. The minimum atomic E-state index is -4.12. The molecule has 152 valence electrons. The van der Waals surface area contributed by atoms with Gasteiger partial charge in [0, 0.05) is 32.2 Å². The number of benzene rings is 2. The van der Waals surface area contributed by atoms with Crippen LogP contribution in [-0.4, -0.2) is 56.3 Å². The minimum absolute atomic E-state index is 0.0121. The summed E-state index contributed by atoms with van der Waals surface area (Å²) >= 11 is 0. The number of hydrogen-bond acceptors (Lipinski definition) is 5. The molecular formula is C19H17F2N3O4S. The number of halogens is 2. The van der Waals surface area contributed by atoms with E-state index in [2.05, 4.69) is 0 Å². The summed E-state index contributed by atoms with van der Waals surface area (Å²) in [6.45, 7) is -0.00995. The van der Waals surface area contributed by atoms with Crippen LogP contribution in [-0.2, 0) is 14.8 Å². The lowest BCUT2D eigenvalue weighted by atomic mass is 10.2. The molecule has 2 aromatic rings. The minimum Gasteiger partial charge on any atom is -0.484 e. The number of sulfonamides is 1. The highest BCUT2D eigenvalue weighted by molar-refractivity contribution is 7.89. The van der Waals surface area contributed by atoms with E-state index in [1.807, 2.05) is 6.07 Å². The normalized spacial score (nSPS) is 15.0. The molecule has 0 N–H and O–H groups in total. The Morgan fingerprint density at radius 2 is 1.72 bits per heavy atom. The van der Waals surface area contributed by atoms with E-state index < -0.39 is 26.6 Å². The van der Waals surface area contributed by atoms with Crippen LogP contribution >= 0.6 is 0 Å². The van der Waals surface area contributed by atoms with Crippen molar-refractivity contribution in [3.05, 3.63) is 59.7 Å². The lowest BCUT2D eigenvalue weighted by Crippen LogP contribution is -2.51. The summed E-state index contributed by atoms with van der Waals surface area (Å²) in [5.41, 5.74) is 0.471. The van der Waals surface area contributed by atoms with E-state index in [1.165, 1.54) is 4.90 Å². The third kappa shape index (κ3) is 4.70. The van der Waals surface area contributed by atoms with Gasteiger partial charge in [-0.15, -0.1) is 0 Å². The predicted octanol–water partition coefficient (Wildman–Crippen LogP) is 1.75. The zero-order valence-electron chi connectivity index (χ0n) is 15.2. The van der Waals surface area contributed by atoms with Gasteiger partial charge in [0.15, 0.2) is 6.61 Å². The van der Waals surface area contributed by atoms with Crippen LogP contribution in [0, 0.1) is 23.0 Å². The van der Waals surface area contributed by atoms with Gasteiger partial charge in [0.2, 0.25) is 10.0 Å². The number of carbonyl (C=O) groups is 1. The first-order valence-electron chi connectivity index (χ1n) is 8.67. The van der Waals surface area contributed by atoms with Gasteiger partial charge in [-0.3, -0.25) is 4.79 Å². The molecule has 0 aromatic heterocycles. The number of amides is 1. The maximum Gasteiger partial charge on any atom is 0.260 e. The molecule has 2 aromatic carbocycles. The smallest absolute Gasteiger partial charge is 0.260 e. The molecule has 1 aliphatic rings. The van der Waals surface area contributed by atoms with E-state index in [9.17, 15) is 22.0 Å². The molecule has 3 rings (SSSR count). The van der Waals surface area contributed by atoms with Gasteiger partial charge in [-0.25, -0.2) is 17.2 Å². The van der Waals surface area contributed by atoms with Crippen molar-refractivity contribution in [1.82, 2.24) is 9.21 Å². The fraction of sp³-hybridized carbons (Fsp3) is 0.263. The summed E-state index contributed by atoms with van der Waals surface area (Å²) in [7, 11) is -4.12. The molecule has 0 aliphatic carbocycles. The Morgan fingerprint density at radius 3 is 2.31 bits per heavy atom. The van der Waals surface area contributed by atoms with E-state index in [-0.39, 0.29) is 38.7 Å². The van der Waals surface area contributed by atoms with Crippen molar-refractivity contribution in [2.75, 3.05) is 32.8 Å². The Kier molecular flexibility index (Phi) is 6.10. The molecule has 0 radical (unpaired) electrons. The van der Waals surface area contributed by atoms with Gasteiger partial charge in [-0.05, 0) is 36.4 Å². The molecule has 0 saturated carbocycles. The van der Waals surface area contributed by atoms with Gasteiger partial charge >= 0.3 is 0 Å². The first-order valence-corrected chi connectivity index (χ1v) is 10.1.